The molecule has 2 aromatic rings. The summed E-state index contributed by atoms with van der Waals surface area (Å²) in [5.41, 5.74) is 1.89. The van der Waals surface area contributed by atoms with Crippen molar-refractivity contribution in [2.75, 3.05) is 24.3 Å². The molecule has 0 aliphatic heterocycles. The number of aliphatic hydroxyl groups excluding tert-OH is 2. The second-order valence-corrected chi connectivity index (χ2v) is 4.36. The summed E-state index contributed by atoms with van der Waals surface area (Å²) in [4.78, 5) is 0. The third-order valence-electron chi connectivity index (χ3n) is 2.67. The summed E-state index contributed by atoms with van der Waals surface area (Å²) in [6.45, 7) is 0.972. The first-order valence-corrected chi connectivity index (χ1v) is 6.32. The van der Waals surface area contributed by atoms with Gasteiger partial charge in [0, 0.05) is 17.6 Å². The van der Waals surface area contributed by atoms with E-state index in [1.807, 2.05) is 18.2 Å². The number of benzene rings is 1. The van der Waals surface area contributed by atoms with Crippen LogP contribution in [0.25, 0.3) is 10.9 Å². The van der Waals surface area contributed by atoms with Gasteiger partial charge in [-0.3, -0.25) is 4.68 Å². The quantitative estimate of drug-likeness (QED) is 0.686. The van der Waals surface area contributed by atoms with Crippen LogP contribution in [-0.4, -0.2) is 45.1 Å². The first-order valence-electron chi connectivity index (χ1n) is 5.79. The average molecular weight is 270 g/mol. The maximum Gasteiger partial charge on any atom is 0.0847 e. The smallest absolute Gasteiger partial charge is 0.0847 e. The molecule has 1 aromatic carbocycles. The van der Waals surface area contributed by atoms with Gasteiger partial charge in [0.25, 0.3) is 0 Å². The van der Waals surface area contributed by atoms with Gasteiger partial charge in [0.2, 0.25) is 0 Å². The molecule has 0 aliphatic carbocycles. The van der Waals surface area contributed by atoms with E-state index in [1.165, 1.54) is 0 Å². The van der Waals surface area contributed by atoms with Crippen molar-refractivity contribution >= 4 is 28.2 Å². The molecule has 0 amide bonds. The standard InChI is InChI=1S/C12H16ClN3O2/c13-6-11(18)8-14-10-1-2-12-9(5-10)7-15-16(12)3-4-17/h1-2,5,7,11,14,17-18H,3-4,6,8H2. The molecule has 0 bridgehead atoms. The summed E-state index contributed by atoms with van der Waals surface area (Å²) >= 11 is 5.52. The molecule has 0 spiro atoms. The molecule has 18 heavy (non-hydrogen) atoms. The Morgan fingerprint density at radius 2 is 2.28 bits per heavy atom. The van der Waals surface area contributed by atoms with Gasteiger partial charge in [-0.15, -0.1) is 11.6 Å². The summed E-state index contributed by atoms with van der Waals surface area (Å²) in [6.07, 6.45) is 1.20. The van der Waals surface area contributed by atoms with E-state index in [0.717, 1.165) is 16.6 Å². The molecule has 6 heteroatoms. The molecule has 0 saturated heterocycles. The van der Waals surface area contributed by atoms with E-state index in [1.54, 1.807) is 10.9 Å². The van der Waals surface area contributed by atoms with Crippen LogP contribution in [0, 0.1) is 0 Å². The fourth-order valence-corrected chi connectivity index (χ4v) is 1.87. The van der Waals surface area contributed by atoms with Gasteiger partial charge < -0.3 is 15.5 Å². The van der Waals surface area contributed by atoms with Crippen LogP contribution in [0.5, 0.6) is 0 Å². The number of aliphatic hydroxyl groups is 2. The average Bonchev–Trinajstić information content (AvgIpc) is 2.79. The van der Waals surface area contributed by atoms with Crippen molar-refractivity contribution in [3.05, 3.63) is 24.4 Å². The van der Waals surface area contributed by atoms with Crippen molar-refractivity contribution in [2.45, 2.75) is 12.6 Å². The van der Waals surface area contributed by atoms with Crippen LogP contribution in [0.1, 0.15) is 0 Å². The number of hydrogen-bond acceptors (Lipinski definition) is 4. The second kappa shape index (κ2) is 6.04. The monoisotopic (exact) mass is 269 g/mol. The first-order chi connectivity index (χ1) is 8.74. The van der Waals surface area contributed by atoms with E-state index in [2.05, 4.69) is 10.4 Å². The molecule has 3 N–H and O–H groups in total. The molecule has 1 unspecified atom stereocenters. The molecule has 0 saturated carbocycles. The number of hydrogen-bond donors (Lipinski definition) is 3. The van der Waals surface area contributed by atoms with Gasteiger partial charge >= 0.3 is 0 Å². The van der Waals surface area contributed by atoms with Crippen LogP contribution in [-0.2, 0) is 6.54 Å². The predicted octanol–water partition coefficient (Wildman–Crippen LogP) is 1.04. The fraction of sp³-hybridized carbons (Fsp3) is 0.417. The van der Waals surface area contributed by atoms with Gasteiger partial charge in [-0.1, -0.05) is 0 Å². The fourth-order valence-electron chi connectivity index (χ4n) is 1.76. The number of fused-ring (bicyclic) bond motifs is 1. The van der Waals surface area contributed by atoms with Crippen LogP contribution >= 0.6 is 11.6 Å². The molecule has 0 fully saturated rings. The Balaban J connectivity index is 2.13. The van der Waals surface area contributed by atoms with E-state index < -0.39 is 6.10 Å². The Hall–Kier alpha value is -1.30. The maximum absolute atomic E-state index is 9.37. The second-order valence-electron chi connectivity index (χ2n) is 4.05. The third kappa shape index (κ3) is 2.93. The lowest BCUT2D eigenvalue weighted by Gasteiger charge is -2.10. The molecule has 1 atom stereocenters. The SMILES string of the molecule is OCCn1ncc2cc(NCC(O)CCl)ccc21. The summed E-state index contributed by atoms with van der Waals surface area (Å²) in [6, 6.07) is 5.81. The molecular formula is C12H16ClN3O2. The van der Waals surface area contributed by atoms with Gasteiger partial charge in [0.05, 0.1) is 36.8 Å². The Bertz CT molecular complexity index is 515. The zero-order valence-corrected chi connectivity index (χ0v) is 10.6. The lowest BCUT2D eigenvalue weighted by Crippen LogP contribution is -2.20. The lowest BCUT2D eigenvalue weighted by atomic mass is 10.2. The van der Waals surface area contributed by atoms with Crippen molar-refractivity contribution in [3.63, 3.8) is 0 Å². The number of aromatic nitrogens is 2. The molecule has 0 radical (unpaired) electrons. The van der Waals surface area contributed by atoms with E-state index in [-0.39, 0.29) is 12.5 Å². The van der Waals surface area contributed by atoms with E-state index in [9.17, 15) is 5.11 Å². The summed E-state index contributed by atoms with van der Waals surface area (Å²) in [7, 11) is 0. The number of alkyl halides is 1. The predicted molar refractivity (Wildman–Crippen MR) is 72.0 cm³/mol. The van der Waals surface area contributed by atoms with Crippen LogP contribution in [0.2, 0.25) is 0 Å². The minimum absolute atomic E-state index is 0.0682. The van der Waals surface area contributed by atoms with Gasteiger partial charge in [-0.25, -0.2) is 0 Å². The number of anilines is 1. The molecule has 5 nitrogen and oxygen atoms in total. The maximum atomic E-state index is 9.37. The Morgan fingerprint density at radius 3 is 3.00 bits per heavy atom. The largest absolute Gasteiger partial charge is 0.394 e. The van der Waals surface area contributed by atoms with E-state index in [4.69, 9.17) is 16.7 Å². The van der Waals surface area contributed by atoms with Gasteiger partial charge in [-0.2, -0.15) is 5.10 Å². The highest BCUT2D eigenvalue weighted by atomic mass is 35.5. The van der Waals surface area contributed by atoms with Crippen LogP contribution in [0.3, 0.4) is 0 Å². The lowest BCUT2D eigenvalue weighted by molar-refractivity contribution is 0.211. The topological polar surface area (TPSA) is 70.3 Å². The van der Waals surface area contributed by atoms with E-state index >= 15 is 0 Å². The molecule has 98 valence electrons. The zero-order chi connectivity index (χ0) is 13.0. The highest BCUT2D eigenvalue weighted by Gasteiger charge is 2.05. The van der Waals surface area contributed by atoms with Crippen LogP contribution in [0.4, 0.5) is 5.69 Å². The van der Waals surface area contributed by atoms with Crippen LogP contribution < -0.4 is 5.32 Å². The van der Waals surface area contributed by atoms with Crippen molar-refractivity contribution in [2.24, 2.45) is 0 Å². The number of rotatable bonds is 6. The van der Waals surface area contributed by atoms with Crippen molar-refractivity contribution < 1.29 is 10.2 Å². The Kier molecular flexibility index (Phi) is 4.41. The number of nitrogens with zero attached hydrogens (tertiary/aromatic N) is 2. The minimum atomic E-state index is -0.556. The van der Waals surface area contributed by atoms with Crippen LogP contribution in [0.15, 0.2) is 24.4 Å². The van der Waals surface area contributed by atoms with E-state index in [0.29, 0.717) is 13.1 Å². The van der Waals surface area contributed by atoms with Gasteiger partial charge in [0.15, 0.2) is 0 Å². The third-order valence-corrected chi connectivity index (χ3v) is 3.03. The van der Waals surface area contributed by atoms with Crippen molar-refractivity contribution in [1.29, 1.82) is 0 Å². The van der Waals surface area contributed by atoms with Crippen molar-refractivity contribution in [3.8, 4) is 0 Å². The Labute approximate surface area is 110 Å². The molecule has 1 heterocycles. The molecule has 0 aliphatic rings. The summed E-state index contributed by atoms with van der Waals surface area (Å²) in [5.74, 6) is 0.212. The molecule has 2 rings (SSSR count). The molecular weight excluding hydrogens is 254 g/mol. The zero-order valence-electron chi connectivity index (χ0n) is 9.88. The highest BCUT2D eigenvalue weighted by molar-refractivity contribution is 6.18. The number of nitrogens with one attached hydrogen (secondary N) is 1. The number of halogens is 1. The first kappa shape index (κ1) is 13.1. The molecule has 1 aromatic heterocycles. The van der Waals surface area contributed by atoms with Crippen molar-refractivity contribution in [1.82, 2.24) is 9.78 Å². The Morgan fingerprint density at radius 1 is 1.44 bits per heavy atom. The highest BCUT2D eigenvalue weighted by Crippen LogP contribution is 2.18. The van der Waals surface area contributed by atoms with Gasteiger partial charge in [0.1, 0.15) is 0 Å². The van der Waals surface area contributed by atoms with Gasteiger partial charge in [-0.05, 0) is 18.2 Å². The minimum Gasteiger partial charge on any atom is -0.394 e. The normalized spacial score (nSPS) is 12.8. The summed E-state index contributed by atoms with van der Waals surface area (Å²) < 4.78 is 1.76. The summed E-state index contributed by atoms with van der Waals surface area (Å²) in [5, 5.41) is 26.6.